The molecule has 0 aliphatic heterocycles. The van der Waals surface area contributed by atoms with Gasteiger partial charge in [-0.05, 0) is 45.0 Å². The maximum absolute atomic E-state index is 12.6. The Kier molecular flexibility index (Phi) is 5.74. The molecule has 0 aliphatic carbocycles. The number of nitrogens with one attached hydrogen (secondary N) is 2. The lowest BCUT2D eigenvalue weighted by Gasteiger charge is -2.10. The van der Waals surface area contributed by atoms with Crippen LogP contribution in [0.4, 0.5) is 5.13 Å². The van der Waals surface area contributed by atoms with E-state index >= 15 is 0 Å². The fraction of sp³-hybridized carbons (Fsp3) is 0.316. The molecule has 160 valence electrons. The van der Waals surface area contributed by atoms with Crippen molar-refractivity contribution in [1.29, 1.82) is 0 Å². The lowest BCUT2D eigenvalue weighted by molar-refractivity contribution is -0.116. The zero-order valence-electron chi connectivity index (χ0n) is 17.3. The molecule has 0 spiro atoms. The molecule has 0 fully saturated rings. The van der Waals surface area contributed by atoms with Crippen LogP contribution < -0.4 is 5.32 Å². The van der Waals surface area contributed by atoms with Gasteiger partial charge in [0.05, 0.1) is 10.6 Å². The van der Waals surface area contributed by atoms with Crippen LogP contribution in [-0.2, 0) is 17.8 Å². The Morgan fingerprint density at radius 1 is 1.32 bits per heavy atom. The molecule has 0 bridgehead atoms. The smallest absolute Gasteiger partial charge is 0.252 e. The first kappa shape index (κ1) is 21.0. The van der Waals surface area contributed by atoms with Gasteiger partial charge in [0, 0.05) is 24.4 Å². The second-order valence-corrected chi connectivity index (χ2v) is 8.35. The summed E-state index contributed by atoms with van der Waals surface area (Å²) in [7, 11) is 0. The maximum Gasteiger partial charge on any atom is 0.252 e. The highest BCUT2D eigenvalue weighted by Crippen LogP contribution is 2.31. The lowest BCUT2D eigenvalue weighted by Crippen LogP contribution is -2.14. The molecule has 0 unspecified atom stereocenters. The van der Waals surface area contributed by atoms with Crippen LogP contribution in [0, 0.1) is 25.5 Å². The molecule has 31 heavy (non-hydrogen) atoms. The molecule has 4 aromatic rings. The number of carbonyl (C=O) groups is 1. The molecule has 10 nitrogen and oxygen atoms in total. The fourth-order valence-corrected chi connectivity index (χ4v) is 4.57. The third-order valence-corrected chi connectivity index (χ3v) is 6.29. The predicted molar refractivity (Wildman–Crippen MR) is 121 cm³/mol. The van der Waals surface area contributed by atoms with Crippen LogP contribution in [0.15, 0.2) is 19.0 Å². The normalized spacial score (nSPS) is 11.2. The SMILES string of the molecule is C=CCn1c(-c2sc(NC(=O)CCc3c(C)nc4ncnn4c3C)nc2C)n[nH]c1=S. The standard InChI is InChI=1S/C19H21N9OS2/c1-5-8-27-16(25-26-19(27)30)15-11(3)23-18(31-15)24-14(29)7-6-13-10(2)22-17-20-9-21-28(17)12(13)4/h5,9H,1,6-8H2,2-4H3,(H,26,30)(H,23,24,29). The summed E-state index contributed by atoms with van der Waals surface area (Å²) in [5, 5.41) is 14.7. The average molecular weight is 456 g/mol. The minimum atomic E-state index is -0.122. The first-order valence-corrected chi connectivity index (χ1v) is 10.8. The molecule has 12 heteroatoms. The Morgan fingerprint density at radius 2 is 2.13 bits per heavy atom. The molecule has 1 amide bonds. The summed E-state index contributed by atoms with van der Waals surface area (Å²) < 4.78 is 4.04. The Labute approximate surface area is 187 Å². The van der Waals surface area contributed by atoms with Crippen molar-refractivity contribution in [3.63, 3.8) is 0 Å². The van der Waals surface area contributed by atoms with Gasteiger partial charge in [-0.1, -0.05) is 17.4 Å². The number of aryl methyl sites for hydroxylation is 3. The summed E-state index contributed by atoms with van der Waals surface area (Å²) in [6.45, 7) is 10.0. The summed E-state index contributed by atoms with van der Waals surface area (Å²) in [5.41, 5.74) is 3.55. The summed E-state index contributed by atoms with van der Waals surface area (Å²) in [5.74, 6) is 1.12. The van der Waals surface area contributed by atoms with Gasteiger partial charge in [0.15, 0.2) is 15.7 Å². The fourth-order valence-electron chi connectivity index (χ4n) is 3.38. The number of allylic oxidation sites excluding steroid dienone is 1. The third kappa shape index (κ3) is 4.03. The quantitative estimate of drug-likeness (QED) is 0.324. The lowest BCUT2D eigenvalue weighted by atomic mass is 10.1. The highest BCUT2D eigenvalue weighted by molar-refractivity contribution is 7.71. The van der Waals surface area contributed by atoms with Crippen molar-refractivity contribution in [1.82, 2.24) is 39.3 Å². The molecular formula is C19H21N9OS2. The Morgan fingerprint density at radius 3 is 2.90 bits per heavy atom. The van der Waals surface area contributed by atoms with Gasteiger partial charge < -0.3 is 5.32 Å². The number of aromatic nitrogens is 8. The number of aromatic amines is 1. The number of amides is 1. The van der Waals surface area contributed by atoms with E-state index in [1.165, 1.54) is 17.7 Å². The van der Waals surface area contributed by atoms with Gasteiger partial charge in [-0.2, -0.15) is 15.2 Å². The second kappa shape index (κ2) is 8.47. The molecule has 4 heterocycles. The molecule has 0 saturated carbocycles. The van der Waals surface area contributed by atoms with E-state index in [0.717, 1.165) is 27.5 Å². The Bertz CT molecular complexity index is 1340. The summed E-state index contributed by atoms with van der Waals surface area (Å²) in [6, 6.07) is 0. The van der Waals surface area contributed by atoms with Crippen molar-refractivity contribution in [3.8, 4) is 10.7 Å². The van der Waals surface area contributed by atoms with E-state index in [9.17, 15) is 4.79 Å². The van der Waals surface area contributed by atoms with Gasteiger partial charge in [0.25, 0.3) is 5.78 Å². The molecule has 0 saturated heterocycles. The average Bonchev–Trinajstić information content (AvgIpc) is 3.42. The second-order valence-electron chi connectivity index (χ2n) is 6.97. The highest BCUT2D eigenvalue weighted by Gasteiger charge is 2.18. The molecule has 0 aromatic carbocycles. The van der Waals surface area contributed by atoms with E-state index in [1.54, 1.807) is 10.6 Å². The van der Waals surface area contributed by atoms with Gasteiger partial charge in [0.2, 0.25) is 5.91 Å². The first-order chi connectivity index (χ1) is 14.9. The predicted octanol–water partition coefficient (Wildman–Crippen LogP) is 3.18. The number of hydrogen-bond donors (Lipinski definition) is 2. The van der Waals surface area contributed by atoms with E-state index in [-0.39, 0.29) is 5.91 Å². The first-order valence-electron chi connectivity index (χ1n) is 9.58. The molecule has 2 N–H and O–H groups in total. The maximum atomic E-state index is 12.6. The van der Waals surface area contributed by atoms with Crippen LogP contribution in [0.2, 0.25) is 0 Å². The third-order valence-electron chi connectivity index (χ3n) is 4.91. The molecule has 0 atom stereocenters. The molecule has 4 aromatic heterocycles. The molecular weight excluding hydrogens is 434 g/mol. The van der Waals surface area contributed by atoms with Gasteiger partial charge in [0.1, 0.15) is 6.33 Å². The van der Waals surface area contributed by atoms with Crippen LogP contribution in [0.1, 0.15) is 29.1 Å². The van der Waals surface area contributed by atoms with Crippen molar-refractivity contribution in [2.24, 2.45) is 0 Å². The monoisotopic (exact) mass is 455 g/mol. The Hall–Kier alpha value is -3.25. The molecule has 0 radical (unpaired) electrons. The summed E-state index contributed by atoms with van der Waals surface area (Å²) in [4.78, 5) is 26.5. The summed E-state index contributed by atoms with van der Waals surface area (Å²) in [6.07, 6.45) is 4.07. The van der Waals surface area contributed by atoms with Crippen LogP contribution in [0.3, 0.4) is 0 Å². The van der Waals surface area contributed by atoms with Crippen LogP contribution in [0.5, 0.6) is 0 Å². The van der Waals surface area contributed by atoms with Gasteiger partial charge in [-0.15, -0.1) is 6.58 Å². The molecule has 0 aliphatic rings. The van der Waals surface area contributed by atoms with Crippen LogP contribution >= 0.6 is 23.6 Å². The topological polar surface area (TPSA) is 119 Å². The number of H-pyrrole nitrogens is 1. The zero-order valence-corrected chi connectivity index (χ0v) is 19.0. The largest absolute Gasteiger partial charge is 0.302 e. The highest BCUT2D eigenvalue weighted by atomic mass is 32.1. The number of anilines is 1. The van der Waals surface area contributed by atoms with E-state index in [4.69, 9.17) is 12.2 Å². The minimum Gasteiger partial charge on any atom is -0.302 e. The van der Waals surface area contributed by atoms with E-state index in [0.29, 0.717) is 40.9 Å². The van der Waals surface area contributed by atoms with Crippen LogP contribution in [0.25, 0.3) is 16.5 Å². The number of nitrogens with zero attached hydrogens (tertiary/aromatic N) is 7. The summed E-state index contributed by atoms with van der Waals surface area (Å²) >= 11 is 6.64. The number of rotatable bonds is 7. The van der Waals surface area contributed by atoms with E-state index < -0.39 is 0 Å². The van der Waals surface area contributed by atoms with E-state index in [1.807, 2.05) is 25.3 Å². The molecule has 4 rings (SSSR count). The number of carbonyl (C=O) groups excluding carboxylic acids is 1. The number of hydrogen-bond acceptors (Lipinski definition) is 8. The van der Waals surface area contributed by atoms with Crippen LogP contribution in [-0.4, -0.2) is 45.2 Å². The van der Waals surface area contributed by atoms with Crippen molar-refractivity contribution in [2.75, 3.05) is 5.32 Å². The van der Waals surface area contributed by atoms with Crippen molar-refractivity contribution in [3.05, 3.63) is 46.4 Å². The van der Waals surface area contributed by atoms with Crippen molar-refractivity contribution in [2.45, 2.75) is 40.2 Å². The number of fused-ring (bicyclic) bond motifs is 1. The minimum absolute atomic E-state index is 0.122. The van der Waals surface area contributed by atoms with Gasteiger partial charge in [-0.25, -0.2) is 14.5 Å². The van der Waals surface area contributed by atoms with Crippen molar-refractivity contribution < 1.29 is 4.79 Å². The van der Waals surface area contributed by atoms with Gasteiger partial charge >= 0.3 is 0 Å². The van der Waals surface area contributed by atoms with Crippen molar-refractivity contribution >= 4 is 40.4 Å². The zero-order chi connectivity index (χ0) is 22.1. The number of thiazole rings is 1. The van der Waals surface area contributed by atoms with E-state index in [2.05, 4.69) is 42.1 Å². The Balaban J connectivity index is 1.49. The van der Waals surface area contributed by atoms with Gasteiger partial charge in [-0.3, -0.25) is 14.5 Å².